The normalized spacial score (nSPS) is 25.3. The summed E-state index contributed by atoms with van der Waals surface area (Å²) >= 11 is 0. The zero-order chi connectivity index (χ0) is 13.2. The van der Waals surface area contributed by atoms with E-state index in [4.69, 9.17) is 0 Å². The Morgan fingerprint density at radius 1 is 1.17 bits per heavy atom. The Morgan fingerprint density at radius 3 is 2.28 bits per heavy atom. The van der Waals surface area contributed by atoms with E-state index in [9.17, 15) is 5.11 Å². The summed E-state index contributed by atoms with van der Waals surface area (Å²) in [6, 6.07) is 0.692. The van der Waals surface area contributed by atoms with E-state index in [1.165, 1.54) is 12.8 Å². The van der Waals surface area contributed by atoms with Gasteiger partial charge in [-0.05, 0) is 33.6 Å². The zero-order valence-corrected chi connectivity index (χ0v) is 12.2. The Hall–Kier alpha value is -0.160. The molecule has 1 aliphatic carbocycles. The van der Waals surface area contributed by atoms with Crippen molar-refractivity contribution in [3.05, 3.63) is 0 Å². The van der Waals surface area contributed by atoms with Crippen molar-refractivity contribution in [1.82, 2.24) is 15.1 Å². The molecule has 0 amide bonds. The molecule has 0 aromatic carbocycles. The molecule has 1 unspecified atom stereocenters. The minimum absolute atomic E-state index is 0.216. The molecule has 1 saturated carbocycles. The van der Waals surface area contributed by atoms with E-state index in [2.05, 4.69) is 35.9 Å². The highest BCUT2D eigenvalue weighted by Crippen LogP contribution is 2.18. The summed E-state index contributed by atoms with van der Waals surface area (Å²) in [5, 5.41) is 13.4. The quantitative estimate of drug-likeness (QED) is 0.751. The summed E-state index contributed by atoms with van der Waals surface area (Å²) in [5.74, 6) is 0. The smallest absolute Gasteiger partial charge is 0.0791 e. The number of hydrogen-bond acceptors (Lipinski definition) is 4. The van der Waals surface area contributed by atoms with E-state index in [-0.39, 0.29) is 11.6 Å². The van der Waals surface area contributed by atoms with Crippen LogP contribution in [-0.2, 0) is 0 Å². The number of nitrogens with one attached hydrogen (secondary N) is 1. The summed E-state index contributed by atoms with van der Waals surface area (Å²) in [7, 11) is 0. The van der Waals surface area contributed by atoms with Gasteiger partial charge in [-0.2, -0.15) is 0 Å². The minimum Gasteiger partial charge on any atom is -0.390 e. The molecule has 0 aromatic heterocycles. The standard InChI is InChI=1S/C14H29N3O/c1-14(2,3)17-8-6-16(7-9-17)11-13(18)10-15-12-4-5-12/h12-13,15,18H,4-11H2,1-3H3. The molecule has 18 heavy (non-hydrogen) atoms. The number of hydrogen-bond donors (Lipinski definition) is 2. The SMILES string of the molecule is CC(C)(C)N1CCN(CC(O)CNC2CC2)CC1. The molecular weight excluding hydrogens is 226 g/mol. The average Bonchev–Trinajstić information content (AvgIpc) is 3.09. The molecule has 1 heterocycles. The van der Waals surface area contributed by atoms with Crippen LogP contribution in [0.4, 0.5) is 0 Å². The van der Waals surface area contributed by atoms with Crippen molar-refractivity contribution in [1.29, 1.82) is 0 Å². The van der Waals surface area contributed by atoms with Gasteiger partial charge in [-0.3, -0.25) is 9.80 Å². The Bertz CT molecular complexity index is 252. The third-order valence-corrected chi connectivity index (χ3v) is 4.01. The lowest BCUT2D eigenvalue weighted by Gasteiger charge is -2.42. The van der Waals surface area contributed by atoms with Crippen LogP contribution in [0.3, 0.4) is 0 Å². The first-order valence-corrected chi connectivity index (χ1v) is 7.34. The second-order valence-corrected chi connectivity index (χ2v) is 6.79. The molecule has 4 heteroatoms. The van der Waals surface area contributed by atoms with E-state index in [0.717, 1.165) is 39.3 Å². The minimum atomic E-state index is -0.216. The van der Waals surface area contributed by atoms with E-state index >= 15 is 0 Å². The fourth-order valence-electron chi connectivity index (χ4n) is 2.55. The number of piperazine rings is 1. The summed E-state index contributed by atoms with van der Waals surface area (Å²) in [6.07, 6.45) is 2.36. The first-order chi connectivity index (χ1) is 8.45. The van der Waals surface area contributed by atoms with Crippen molar-refractivity contribution in [3.63, 3.8) is 0 Å². The molecule has 0 bridgehead atoms. The van der Waals surface area contributed by atoms with Crippen LogP contribution in [0.5, 0.6) is 0 Å². The van der Waals surface area contributed by atoms with Gasteiger partial charge in [0.25, 0.3) is 0 Å². The lowest BCUT2D eigenvalue weighted by atomic mass is 10.0. The van der Waals surface area contributed by atoms with Crippen LogP contribution >= 0.6 is 0 Å². The van der Waals surface area contributed by atoms with Gasteiger partial charge in [0.1, 0.15) is 0 Å². The van der Waals surface area contributed by atoms with Crippen LogP contribution < -0.4 is 5.32 Å². The Kier molecular flexibility index (Phi) is 4.64. The van der Waals surface area contributed by atoms with Crippen molar-refractivity contribution >= 4 is 0 Å². The lowest BCUT2D eigenvalue weighted by molar-refractivity contribution is 0.0366. The molecule has 2 N–H and O–H groups in total. The molecule has 2 rings (SSSR count). The number of β-amino-alcohol motifs (C(OH)–C–C–N with tert-alkyl or cyclic N) is 1. The van der Waals surface area contributed by atoms with E-state index < -0.39 is 0 Å². The van der Waals surface area contributed by atoms with Gasteiger partial charge in [0.15, 0.2) is 0 Å². The number of rotatable bonds is 5. The first-order valence-electron chi connectivity index (χ1n) is 7.34. The maximum atomic E-state index is 9.99. The molecule has 0 aromatic rings. The van der Waals surface area contributed by atoms with Gasteiger partial charge in [-0.25, -0.2) is 0 Å². The first kappa shape index (κ1) is 14.3. The van der Waals surface area contributed by atoms with Crippen molar-refractivity contribution in [2.75, 3.05) is 39.3 Å². The zero-order valence-electron chi connectivity index (χ0n) is 12.2. The van der Waals surface area contributed by atoms with Crippen LogP contribution in [0, 0.1) is 0 Å². The van der Waals surface area contributed by atoms with Crippen molar-refractivity contribution in [2.45, 2.75) is 51.3 Å². The average molecular weight is 255 g/mol. The second kappa shape index (κ2) is 5.87. The molecular formula is C14H29N3O. The highest BCUT2D eigenvalue weighted by atomic mass is 16.3. The van der Waals surface area contributed by atoms with E-state index in [1.54, 1.807) is 0 Å². The van der Waals surface area contributed by atoms with Crippen LogP contribution in [0.1, 0.15) is 33.6 Å². The van der Waals surface area contributed by atoms with E-state index in [0.29, 0.717) is 6.04 Å². The summed E-state index contributed by atoms with van der Waals surface area (Å²) in [6.45, 7) is 12.8. The third kappa shape index (κ3) is 4.50. The van der Waals surface area contributed by atoms with Gasteiger partial charge in [0, 0.05) is 50.8 Å². The Labute approximate surface area is 111 Å². The highest BCUT2D eigenvalue weighted by molar-refractivity contribution is 4.84. The number of aliphatic hydroxyl groups excluding tert-OH is 1. The van der Waals surface area contributed by atoms with Gasteiger partial charge in [0.2, 0.25) is 0 Å². The highest BCUT2D eigenvalue weighted by Gasteiger charge is 2.27. The predicted molar refractivity (Wildman–Crippen MR) is 74.8 cm³/mol. The molecule has 2 fully saturated rings. The molecule has 106 valence electrons. The maximum Gasteiger partial charge on any atom is 0.0791 e. The van der Waals surface area contributed by atoms with Gasteiger partial charge >= 0.3 is 0 Å². The fourth-order valence-corrected chi connectivity index (χ4v) is 2.55. The molecule has 1 aliphatic heterocycles. The maximum absolute atomic E-state index is 9.99. The lowest BCUT2D eigenvalue weighted by Crippen LogP contribution is -2.55. The summed E-state index contributed by atoms with van der Waals surface area (Å²) < 4.78 is 0. The third-order valence-electron chi connectivity index (χ3n) is 4.01. The topological polar surface area (TPSA) is 38.7 Å². The van der Waals surface area contributed by atoms with Crippen LogP contribution in [0.25, 0.3) is 0 Å². The van der Waals surface area contributed by atoms with Crippen molar-refractivity contribution in [2.24, 2.45) is 0 Å². The van der Waals surface area contributed by atoms with Crippen LogP contribution in [-0.4, -0.2) is 71.9 Å². The Morgan fingerprint density at radius 2 is 1.78 bits per heavy atom. The molecule has 0 spiro atoms. The predicted octanol–water partition coefficient (Wildman–Crippen LogP) is 0.515. The van der Waals surface area contributed by atoms with Crippen LogP contribution in [0.15, 0.2) is 0 Å². The molecule has 4 nitrogen and oxygen atoms in total. The molecule has 1 saturated heterocycles. The molecule has 1 atom stereocenters. The van der Waals surface area contributed by atoms with Gasteiger partial charge in [-0.1, -0.05) is 0 Å². The van der Waals surface area contributed by atoms with Gasteiger partial charge in [0.05, 0.1) is 6.10 Å². The number of nitrogens with zero attached hydrogens (tertiary/aromatic N) is 2. The van der Waals surface area contributed by atoms with Crippen LogP contribution in [0.2, 0.25) is 0 Å². The largest absolute Gasteiger partial charge is 0.390 e. The number of aliphatic hydroxyl groups is 1. The monoisotopic (exact) mass is 255 g/mol. The summed E-state index contributed by atoms with van der Waals surface area (Å²) in [4.78, 5) is 4.92. The second-order valence-electron chi connectivity index (χ2n) is 6.79. The summed E-state index contributed by atoms with van der Waals surface area (Å²) in [5.41, 5.74) is 0.276. The molecule has 0 radical (unpaired) electrons. The fraction of sp³-hybridized carbons (Fsp3) is 1.00. The van der Waals surface area contributed by atoms with Crippen molar-refractivity contribution < 1.29 is 5.11 Å². The van der Waals surface area contributed by atoms with E-state index in [1.807, 2.05) is 0 Å². The Balaban J connectivity index is 1.63. The van der Waals surface area contributed by atoms with Gasteiger partial charge in [-0.15, -0.1) is 0 Å². The van der Waals surface area contributed by atoms with Gasteiger partial charge < -0.3 is 10.4 Å². The molecule has 2 aliphatic rings. The van der Waals surface area contributed by atoms with Crippen molar-refractivity contribution in [3.8, 4) is 0 Å².